The van der Waals surface area contributed by atoms with Crippen LogP contribution >= 0.6 is 15.9 Å². The SMILES string of the molecule is C[C@@]1(c2cccc(Br)c2)NC(=O)N(CC(=O)Nc2ccc3c(c2)CCC3)C1=O. The van der Waals surface area contributed by atoms with Crippen LogP contribution in [0, 0.1) is 0 Å². The molecule has 0 aromatic heterocycles. The van der Waals surface area contributed by atoms with E-state index in [2.05, 4.69) is 26.6 Å². The molecule has 1 fully saturated rings. The van der Waals surface area contributed by atoms with Gasteiger partial charge >= 0.3 is 6.03 Å². The molecule has 0 spiro atoms. The second kappa shape index (κ2) is 7.05. The van der Waals surface area contributed by atoms with Crippen LogP contribution in [0.2, 0.25) is 0 Å². The van der Waals surface area contributed by atoms with E-state index >= 15 is 0 Å². The van der Waals surface area contributed by atoms with Crippen molar-refractivity contribution in [2.24, 2.45) is 0 Å². The quantitative estimate of drug-likeness (QED) is 0.714. The molecule has 0 saturated carbocycles. The molecule has 2 aliphatic rings. The molecule has 4 amide bonds. The third-order valence-corrected chi connectivity index (χ3v) is 5.85. The van der Waals surface area contributed by atoms with Gasteiger partial charge in [0, 0.05) is 10.2 Å². The molecule has 1 aliphatic carbocycles. The van der Waals surface area contributed by atoms with Crippen LogP contribution in [0.4, 0.5) is 10.5 Å². The number of anilines is 1. The first kappa shape index (κ1) is 18.7. The Kier molecular flexibility index (Phi) is 4.71. The molecule has 144 valence electrons. The van der Waals surface area contributed by atoms with Gasteiger partial charge < -0.3 is 10.6 Å². The van der Waals surface area contributed by atoms with Crippen molar-refractivity contribution in [2.75, 3.05) is 11.9 Å². The molecule has 1 aliphatic heterocycles. The lowest BCUT2D eigenvalue weighted by Crippen LogP contribution is -2.42. The van der Waals surface area contributed by atoms with Gasteiger partial charge in [-0.15, -0.1) is 0 Å². The number of hydrogen-bond donors (Lipinski definition) is 2. The number of nitrogens with one attached hydrogen (secondary N) is 2. The molecule has 1 heterocycles. The van der Waals surface area contributed by atoms with Gasteiger partial charge in [0.1, 0.15) is 12.1 Å². The summed E-state index contributed by atoms with van der Waals surface area (Å²) in [5.41, 5.74) is 2.70. The third kappa shape index (κ3) is 3.30. The maximum Gasteiger partial charge on any atom is 0.325 e. The molecule has 2 aromatic rings. The number of imide groups is 1. The van der Waals surface area contributed by atoms with Crippen LogP contribution in [-0.4, -0.2) is 29.3 Å². The zero-order valence-electron chi connectivity index (χ0n) is 15.4. The fourth-order valence-electron chi connectivity index (χ4n) is 3.83. The fraction of sp³-hybridized carbons (Fsp3) is 0.286. The fourth-order valence-corrected chi connectivity index (χ4v) is 4.23. The molecular formula is C21H20BrN3O3. The van der Waals surface area contributed by atoms with Gasteiger partial charge in [-0.05, 0) is 67.1 Å². The number of benzene rings is 2. The maximum absolute atomic E-state index is 12.9. The lowest BCUT2D eigenvalue weighted by atomic mass is 9.92. The summed E-state index contributed by atoms with van der Waals surface area (Å²) in [6.45, 7) is 1.32. The van der Waals surface area contributed by atoms with Gasteiger partial charge in [-0.25, -0.2) is 4.79 Å². The van der Waals surface area contributed by atoms with E-state index in [1.165, 1.54) is 11.1 Å². The molecule has 0 unspecified atom stereocenters. The van der Waals surface area contributed by atoms with Crippen LogP contribution in [0.3, 0.4) is 0 Å². The van der Waals surface area contributed by atoms with Crippen LogP contribution < -0.4 is 10.6 Å². The Morgan fingerprint density at radius 1 is 1.18 bits per heavy atom. The van der Waals surface area contributed by atoms with Crippen LogP contribution in [0.25, 0.3) is 0 Å². The Labute approximate surface area is 171 Å². The maximum atomic E-state index is 12.9. The lowest BCUT2D eigenvalue weighted by molar-refractivity contribution is -0.133. The minimum Gasteiger partial charge on any atom is -0.325 e. The largest absolute Gasteiger partial charge is 0.325 e. The molecule has 2 N–H and O–H groups in total. The number of amides is 4. The second-order valence-corrected chi connectivity index (χ2v) is 8.26. The molecule has 28 heavy (non-hydrogen) atoms. The topological polar surface area (TPSA) is 78.5 Å². The first-order valence-electron chi connectivity index (χ1n) is 9.18. The molecule has 0 bridgehead atoms. The number of aryl methyl sites for hydroxylation is 2. The van der Waals surface area contributed by atoms with Crippen molar-refractivity contribution >= 4 is 39.5 Å². The average Bonchev–Trinajstić information content (AvgIpc) is 3.20. The smallest absolute Gasteiger partial charge is 0.325 e. The van der Waals surface area contributed by atoms with E-state index in [1.807, 2.05) is 24.3 Å². The number of fused-ring (bicyclic) bond motifs is 1. The van der Waals surface area contributed by atoms with E-state index < -0.39 is 23.4 Å². The predicted molar refractivity (Wildman–Crippen MR) is 109 cm³/mol. The van der Waals surface area contributed by atoms with E-state index in [1.54, 1.807) is 25.1 Å². The summed E-state index contributed by atoms with van der Waals surface area (Å²) in [6, 6.07) is 12.5. The van der Waals surface area contributed by atoms with Crippen LogP contribution in [0.15, 0.2) is 46.9 Å². The van der Waals surface area contributed by atoms with Crippen molar-refractivity contribution in [1.29, 1.82) is 0 Å². The summed E-state index contributed by atoms with van der Waals surface area (Å²) in [7, 11) is 0. The van der Waals surface area contributed by atoms with Gasteiger partial charge in [-0.1, -0.05) is 34.1 Å². The van der Waals surface area contributed by atoms with Crippen molar-refractivity contribution in [1.82, 2.24) is 10.2 Å². The van der Waals surface area contributed by atoms with Gasteiger partial charge in [0.15, 0.2) is 0 Å². The minimum atomic E-state index is -1.20. The number of urea groups is 1. The van der Waals surface area contributed by atoms with Gasteiger partial charge in [0.05, 0.1) is 0 Å². The highest BCUT2D eigenvalue weighted by Crippen LogP contribution is 2.30. The number of rotatable bonds is 4. The van der Waals surface area contributed by atoms with E-state index in [4.69, 9.17) is 0 Å². The summed E-state index contributed by atoms with van der Waals surface area (Å²) < 4.78 is 0.807. The highest BCUT2D eigenvalue weighted by molar-refractivity contribution is 9.10. The minimum absolute atomic E-state index is 0.328. The number of carbonyl (C=O) groups is 3. The van der Waals surface area contributed by atoms with E-state index in [0.717, 1.165) is 28.6 Å². The third-order valence-electron chi connectivity index (χ3n) is 5.36. The van der Waals surface area contributed by atoms with Crippen molar-refractivity contribution in [2.45, 2.75) is 31.7 Å². The van der Waals surface area contributed by atoms with E-state index in [9.17, 15) is 14.4 Å². The normalized spacial score (nSPS) is 20.9. The monoisotopic (exact) mass is 441 g/mol. The average molecular weight is 442 g/mol. The van der Waals surface area contributed by atoms with E-state index in [-0.39, 0.29) is 6.54 Å². The first-order chi connectivity index (χ1) is 13.4. The summed E-state index contributed by atoms with van der Waals surface area (Å²) in [4.78, 5) is 38.8. The standard InChI is InChI=1S/C21H20BrN3O3/c1-21(15-6-3-7-16(22)11-15)19(27)25(20(28)24-21)12-18(26)23-17-9-8-13-4-2-5-14(13)10-17/h3,6-11H,2,4-5,12H2,1H3,(H,23,26)(H,24,28)/t21-/m0/s1. The Morgan fingerprint density at radius 2 is 1.96 bits per heavy atom. The molecule has 6 nitrogen and oxygen atoms in total. The molecule has 4 rings (SSSR count). The Morgan fingerprint density at radius 3 is 2.75 bits per heavy atom. The number of nitrogens with zero attached hydrogens (tertiary/aromatic N) is 1. The molecule has 0 radical (unpaired) electrons. The van der Waals surface area contributed by atoms with Gasteiger partial charge in [0.2, 0.25) is 5.91 Å². The van der Waals surface area contributed by atoms with Crippen LogP contribution in [0.1, 0.15) is 30.0 Å². The Hall–Kier alpha value is -2.67. The molecule has 2 aromatic carbocycles. The van der Waals surface area contributed by atoms with Crippen LogP contribution in [-0.2, 0) is 28.0 Å². The van der Waals surface area contributed by atoms with E-state index in [0.29, 0.717) is 11.3 Å². The first-order valence-corrected chi connectivity index (χ1v) is 9.98. The molecule has 1 saturated heterocycles. The Balaban J connectivity index is 1.48. The van der Waals surface area contributed by atoms with Crippen molar-refractivity contribution in [3.8, 4) is 0 Å². The molecular weight excluding hydrogens is 422 g/mol. The van der Waals surface area contributed by atoms with Gasteiger partial charge in [-0.2, -0.15) is 0 Å². The summed E-state index contributed by atoms with van der Waals surface area (Å²) in [6.07, 6.45) is 3.21. The zero-order valence-corrected chi connectivity index (χ0v) is 17.0. The number of halogens is 1. The highest BCUT2D eigenvalue weighted by atomic mass is 79.9. The summed E-state index contributed by atoms with van der Waals surface area (Å²) in [5.74, 6) is -0.848. The molecule has 7 heteroatoms. The second-order valence-electron chi connectivity index (χ2n) is 7.34. The van der Waals surface area contributed by atoms with Crippen molar-refractivity contribution in [3.05, 3.63) is 63.6 Å². The summed E-state index contributed by atoms with van der Waals surface area (Å²) >= 11 is 3.38. The zero-order chi connectivity index (χ0) is 19.9. The van der Waals surface area contributed by atoms with Gasteiger partial charge in [0.25, 0.3) is 5.91 Å². The summed E-state index contributed by atoms with van der Waals surface area (Å²) in [5, 5.41) is 5.51. The van der Waals surface area contributed by atoms with Crippen molar-refractivity contribution in [3.63, 3.8) is 0 Å². The van der Waals surface area contributed by atoms with Crippen molar-refractivity contribution < 1.29 is 14.4 Å². The number of carbonyl (C=O) groups excluding carboxylic acids is 3. The number of hydrogen-bond acceptors (Lipinski definition) is 3. The Bertz CT molecular complexity index is 991. The lowest BCUT2D eigenvalue weighted by Gasteiger charge is -2.22. The molecule has 1 atom stereocenters. The van der Waals surface area contributed by atoms with Crippen LogP contribution in [0.5, 0.6) is 0 Å². The highest BCUT2D eigenvalue weighted by Gasteiger charge is 2.49. The van der Waals surface area contributed by atoms with Gasteiger partial charge in [-0.3, -0.25) is 14.5 Å². The predicted octanol–water partition coefficient (Wildman–Crippen LogP) is 3.34.